The molecule has 0 saturated carbocycles. The molecule has 1 aliphatic heterocycles. The molecule has 3 rings (SSSR count). The Labute approximate surface area is 145 Å². The van der Waals surface area contributed by atoms with Gasteiger partial charge in [0.2, 0.25) is 15.9 Å². The Morgan fingerprint density at radius 1 is 1.08 bits per heavy atom. The lowest BCUT2D eigenvalue weighted by Crippen LogP contribution is -2.28. The van der Waals surface area contributed by atoms with Crippen LogP contribution >= 0.6 is 0 Å². The zero-order chi connectivity index (χ0) is 17.9. The molecule has 1 fully saturated rings. The molecule has 1 aromatic carbocycles. The number of aromatic nitrogens is 1. The van der Waals surface area contributed by atoms with Crippen molar-refractivity contribution in [1.82, 2.24) is 8.87 Å². The first-order valence-corrected chi connectivity index (χ1v) is 9.46. The van der Waals surface area contributed by atoms with Gasteiger partial charge in [0.05, 0.1) is 4.90 Å². The molecule has 1 amide bonds. The van der Waals surface area contributed by atoms with E-state index in [0.29, 0.717) is 18.8 Å². The average Bonchev–Trinajstić information content (AvgIpc) is 3.12. The number of rotatable bonds is 5. The molecule has 0 atom stereocenters. The van der Waals surface area contributed by atoms with Crippen molar-refractivity contribution in [3.63, 3.8) is 0 Å². The molecule has 0 bridgehead atoms. The summed E-state index contributed by atoms with van der Waals surface area (Å²) < 4.78 is 27.9. The minimum atomic E-state index is -3.54. The van der Waals surface area contributed by atoms with Crippen LogP contribution in [0, 0.1) is 0 Å². The van der Waals surface area contributed by atoms with Crippen LogP contribution in [-0.4, -0.2) is 36.3 Å². The van der Waals surface area contributed by atoms with E-state index in [1.54, 1.807) is 24.3 Å². The lowest BCUT2D eigenvalue weighted by atomic mass is 10.3. The molecule has 25 heavy (non-hydrogen) atoms. The first-order valence-electron chi connectivity index (χ1n) is 8.02. The highest BCUT2D eigenvalue weighted by atomic mass is 32.2. The van der Waals surface area contributed by atoms with Crippen LogP contribution in [0.4, 0.5) is 5.69 Å². The maximum absolute atomic E-state index is 12.6. The van der Waals surface area contributed by atoms with Crippen LogP contribution in [0.5, 0.6) is 0 Å². The fraction of sp³-hybridized carbons (Fsp3) is 0.294. The summed E-state index contributed by atoms with van der Waals surface area (Å²) in [5.41, 5.74) is 0.109. The van der Waals surface area contributed by atoms with Gasteiger partial charge in [-0.1, -0.05) is 12.1 Å². The highest BCUT2D eigenvalue weighted by Gasteiger charge is 2.27. The fourth-order valence-electron chi connectivity index (χ4n) is 2.76. The number of amides is 1. The summed E-state index contributed by atoms with van der Waals surface area (Å²) in [6.45, 7) is 0.911. The summed E-state index contributed by atoms with van der Waals surface area (Å²) in [7, 11) is -3.54. The quantitative estimate of drug-likeness (QED) is 0.869. The number of hydrogen-bond donors (Lipinski definition) is 1. The Morgan fingerprint density at radius 2 is 1.84 bits per heavy atom. The summed E-state index contributed by atoms with van der Waals surface area (Å²) in [5, 5.41) is 2.64. The van der Waals surface area contributed by atoms with Gasteiger partial charge in [0, 0.05) is 31.0 Å². The van der Waals surface area contributed by atoms with E-state index in [0.717, 1.165) is 12.8 Å². The number of nitrogens with zero attached hydrogens (tertiary/aromatic N) is 2. The SMILES string of the molecule is O=C(Cn1ccccc1=O)Nc1cccc(S(=O)(=O)N2CCCC2)c1. The van der Waals surface area contributed by atoms with Crippen LogP contribution in [0.15, 0.2) is 58.4 Å². The molecular formula is C17H19N3O4S. The second-order valence-corrected chi connectivity index (χ2v) is 7.79. The van der Waals surface area contributed by atoms with E-state index < -0.39 is 15.9 Å². The minimum absolute atomic E-state index is 0.136. The Kier molecular flexibility index (Phi) is 5.00. The van der Waals surface area contributed by atoms with Gasteiger partial charge >= 0.3 is 0 Å². The van der Waals surface area contributed by atoms with Crippen LogP contribution < -0.4 is 10.9 Å². The van der Waals surface area contributed by atoms with Crippen molar-refractivity contribution < 1.29 is 13.2 Å². The van der Waals surface area contributed by atoms with Crippen molar-refractivity contribution in [2.45, 2.75) is 24.3 Å². The van der Waals surface area contributed by atoms with Gasteiger partial charge in [0.15, 0.2) is 0 Å². The van der Waals surface area contributed by atoms with Gasteiger partial charge in [0.1, 0.15) is 6.54 Å². The third-order valence-electron chi connectivity index (χ3n) is 4.03. The topological polar surface area (TPSA) is 88.5 Å². The standard InChI is InChI=1S/C17H19N3O4S/c21-16(13-19-9-2-1-8-17(19)22)18-14-6-5-7-15(12-14)25(23,24)20-10-3-4-11-20/h1-2,5-9,12H,3-4,10-11,13H2,(H,18,21). The average molecular weight is 361 g/mol. The van der Waals surface area contributed by atoms with Gasteiger partial charge < -0.3 is 9.88 Å². The molecule has 0 unspecified atom stereocenters. The predicted octanol–water partition coefficient (Wildman–Crippen LogP) is 1.27. The molecule has 8 heteroatoms. The summed E-state index contributed by atoms with van der Waals surface area (Å²) >= 11 is 0. The zero-order valence-electron chi connectivity index (χ0n) is 13.6. The van der Waals surface area contributed by atoms with Crippen molar-refractivity contribution >= 4 is 21.6 Å². The number of carbonyl (C=O) groups excluding carboxylic acids is 1. The van der Waals surface area contributed by atoms with E-state index in [1.807, 2.05) is 0 Å². The molecule has 1 aromatic heterocycles. The maximum atomic E-state index is 12.6. The van der Waals surface area contributed by atoms with Crippen LogP contribution in [0.3, 0.4) is 0 Å². The second-order valence-electron chi connectivity index (χ2n) is 5.85. The van der Waals surface area contributed by atoms with Crippen molar-refractivity contribution in [2.75, 3.05) is 18.4 Å². The molecule has 132 valence electrons. The number of sulfonamides is 1. The fourth-order valence-corrected chi connectivity index (χ4v) is 4.32. The first kappa shape index (κ1) is 17.4. The highest BCUT2D eigenvalue weighted by molar-refractivity contribution is 7.89. The maximum Gasteiger partial charge on any atom is 0.250 e. The molecule has 1 saturated heterocycles. The summed E-state index contributed by atoms with van der Waals surface area (Å²) in [4.78, 5) is 23.9. The zero-order valence-corrected chi connectivity index (χ0v) is 14.4. The Balaban J connectivity index is 1.74. The number of benzene rings is 1. The van der Waals surface area contributed by atoms with Crippen LogP contribution in [-0.2, 0) is 21.4 Å². The molecule has 0 aliphatic carbocycles. The summed E-state index contributed by atoms with van der Waals surface area (Å²) in [6.07, 6.45) is 3.25. The number of pyridine rings is 1. The van der Waals surface area contributed by atoms with Crippen molar-refractivity contribution in [2.24, 2.45) is 0 Å². The second kappa shape index (κ2) is 7.20. The molecule has 0 spiro atoms. The van der Waals surface area contributed by atoms with Gasteiger partial charge in [-0.05, 0) is 37.1 Å². The van der Waals surface area contributed by atoms with Crippen LogP contribution in [0.1, 0.15) is 12.8 Å². The van der Waals surface area contributed by atoms with Crippen LogP contribution in [0.2, 0.25) is 0 Å². The normalized spacial score (nSPS) is 15.2. The van der Waals surface area contributed by atoms with E-state index >= 15 is 0 Å². The molecule has 2 heterocycles. The van der Waals surface area contributed by atoms with E-state index in [-0.39, 0.29) is 17.0 Å². The lowest BCUT2D eigenvalue weighted by molar-refractivity contribution is -0.116. The van der Waals surface area contributed by atoms with Gasteiger partial charge in [0.25, 0.3) is 5.56 Å². The van der Waals surface area contributed by atoms with Gasteiger partial charge in [-0.25, -0.2) is 8.42 Å². The van der Waals surface area contributed by atoms with E-state index in [9.17, 15) is 18.0 Å². The van der Waals surface area contributed by atoms with Gasteiger partial charge in [-0.2, -0.15) is 4.31 Å². The molecule has 0 radical (unpaired) electrons. The minimum Gasteiger partial charge on any atom is -0.324 e. The molecule has 2 aromatic rings. The van der Waals surface area contributed by atoms with Crippen LogP contribution in [0.25, 0.3) is 0 Å². The number of nitrogens with one attached hydrogen (secondary N) is 1. The van der Waals surface area contributed by atoms with Crippen molar-refractivity contribution in [1.29, 1.82) is 0 Å². The number of anilines is 1. The molecule has 1 N–H and O–H groups in total. The Morgan fingerprint density at radius 3 is 2.56 bits per heavy atom. The van der Waals surface area contributed by atoms with E-state index in [4.69, 9.17) is 0 Å². The highest BCUT2D eigenvalue weighted by Crippen LogP contribution is 2.23. The third kappa shape index (κ3) is 3.97. The largest absolute Gasteiger partial charge is 0.324 e. The van der Waals surface area contributed by atoms with Crippen molar-refractivity contribution in [3.8, 4) is 0 Å². The first-order chi connectivity index (χ1) is 12.0. The monoisotopic (exact) mass is 361 g/mol. The van der Waals surface area contributed by atoms with Crippen molar-refractivity contribution in [3.05, 3.63) is 59.0 Å². The van der Waals surface area contributed by atoms with E-state index in [2.05, 4.69) is 5.32 Å². The van der Waals surface area contributed by atoms with Gasteiger partial charge in [-0.15, -0.1) is 0 Å². The predicted molar refractivity (Wildman–Crippen MR) is 93.8 cm³/mol. The summed E-state index contributed by atoms with van der Waals surface area (Å²) in [5.74, 6) is -0.399. The Bertz CT molecular complexity index is 931. The molecular weight excluding hydrogens is 342 g/mol. The number of carbonyl (C=O) groups is 1. The van der Waals surface area contributed by atoms with Gasteiger partial charge in [-0.3, -0.25) is 9.59 Å². The number of hydrogen-bond acceptors (Lipinski definition) is 4. The third-order valence-corrected chi connectivity index (χ3v) is 5.93. The smallest absolute Gasteiger partial charge is 0.250 e. The lowest BCUT2D eigenvalue weighted by Gasteiger charge is -2.16. The molecule has 7 nitrogen and oxygen atoms in total. The molecule has 1 aliphatic rings. The van der Waals surface area contributed by atoms with E-state index in [1.165, 1.54) is 33.3 Å². The summed E-state index contributed by atoms with van der Waals surface area (Å²) in [6, 6.07) is 10.8. The Hall–Kier alpha value is -2.45.